The van der Waals surface area contributed by atoms with Crippen LogP contribution in [0.15, 0.2) is 51.7 Å². The number of hydrogen-bond donors (Lipinski definition) is 3. The van der Waals surface area contributed by atoms with Crippen LogP contribution in [0, 0.1) is 0 Å². The zero-order chi connectivity index (χ0) is 19.6. The van der Waals surface area contributed by atoms with E-state index in [0.29, 0.717) is 21.8 Å². The van der Waals surface area contributed by atoms with Crippen LogP contribution >= 0.6 is 15.9 Å². The van der Waals surface area contributed by atoms with Crippen LogP contribution in [0.1, 0.15) is 27.8 Å². The standard InChI is InChI=1S/C18H15BrN4O4/c1-2-23-18(27)12-6-4-3-5-11(12)15(22-23)17(26)21-20-16(25)13-9-10(19)7-8-14(13)24/h3-9,24H,2H2,1H3,(H,20,25)(H,21,26). The lowest BCUT2D eigenvalue weighted by Crippen LogP contribution is -2.42. The lowest BCUT2D eigenvalue weighted by molar-refractivity contribution is 0.0842. The Labute approximate surface area is 161 Å². The predicted octanol–water partition coefficient (Wildman–Crippen LogP) is 1.96. The van der Waals surface area contributed by atoms with Crippen LogP contribution in [0.5, 0.6) is 5.75 Å². The van der Waals surface area contributed by atoms with Crippen molar-refractivity contribution in [2.24, 2.45) is 0 Å². The maximum atomic E-state index is 12.6. The fraction of sp³-hybridized carbons (Fsp3) is 0.111. The zero-order valence-corrected chi connectivity index (χ0v) is 15.8. The molecule has 0 fully saturated rings. The van der Waals surface area contributed by atoms with Gasteiger partial charge >= 0.3 is 0 Å². The van der Waals surface area contributed by atoms with Crippen LogP contribution in [-0.2, 0) is 6.54 Å². The summed E-state index contributed by atoms with van der Waals surface area (Å²) in [5, 5.41) is 14.6. The molecule has 3 rings (SSSR count). The molecule has 0 aliphatic rings. The summed E-state index contributed by atoms with van der Waals surface area (Å²) in [5.41, 5.74) is 4.19. The zero-order valence-electron chi connectivity index (χ0n) is 14.2. The highest BCUT2D eigenvalue weighted by molar-refractivity contribution is 9.10. The van der Waals surface area contributed by atoms with Gasteiger partial charge in [-0.05, 0) is 31.2 Å². The fourth-order valence-corrected chi connectivity index (χ4v) is 2.91. The number of fused-ring (bicyclic) bond motifs is 1. The summed E-state index contributed by atoms with van der Waals surface area (Å²) in [4.78, 5) is 37.1. The number of phenolic OH excluding ortho intramolecular Hbond substituents is 1. The first-order valence-corrected chi connectivity index (χ1v) is 8.80. The molecule has 2 aromatic carbocycles. The van der Waals surface area contributed by atoms with E-state index in [4.69, 9.17) is 0 Å². The molecular formula is C18H15BrN4O4. The molecule has 0 unspecified atom stereocenters. The SMILES string of the molecule is CCn1nc(C(=O)NNC(=O)c2cc(Br)ccc2O)c2ccccc2c1=O. The largest absolute Gasteiger partial charge is 0.507 e. The highest BCUT2D eigenvalue weighted by Crippen LogP contribution is 2.21. The van der Waals surface area contributed by atoms with Crippen LogP contribution in [0.3, 0.4) is 0 Å². The van der Waals surface area contributed by atoms with Crippen molar-refractivity contribution in [3.8, 4) is 5.75 Å². The molecule has 3 aromatic rings. The number of nitrogens with one attached hydrogen (secondary N) is 2. The van der Waals surface area contributed by atoms with Gasteiger partial charge < -0.3 is 5.11 Å². The summed E-state index contributed by atoms with van der Waals surface area (Å²) in [6, 6.07) is 11.0. The number of aromatic nitrogens is 2. The lowest BCUT2D eigenvalue weighted by atomic mass is 10.1. The molecule has 1 aromatic heterocycles. The molecule has 0 radical (unpaired) electrons. The molecule has 0 saturated carbocycles. The molecule has 138 valence electrons. The summed E-state index contributed by atoms with van der Waals surface area (Å²) in [7, 11) is 0. The van der Waals surface area contributed by atoms with Crippen molar-refractivity contribution < 1.29 is 14.7 Å². The number of phenols is 1. The predicted molar refractivity (Wildman–Crippen MR) is 102 cm³/mol. The number of nitrogens with zero attached hydrogens (tertiary/aromatic N) is 2. The first-order chi connectivity index (χ1) is 12.9. The molecule has 0 spiro atoms. The van der Waals surface area contributed by atoms with Gasteiger partial charge in [0.25, 0.3) is 17.4 Å². The van der Waals surface area contributed by atoms with Gasteiger partial charge in [-0.1, -0.05) is 34.1 Å². The van der Waals surface area contributed by atoms with Crippen LogP contribution < -0.4 is 16.4 Å². The molecular weight excluding hydrogens is 416 g/mol. The van der Waals surface area contributed by atoms with Gasteiger partial charge in [0.15, 0.2) is 5.69 Å². The molecule has 2 amide bonds. The number of carbonyl (C=O) groups is 2. The average molecular weight is 431 g/mol. The van der Waals surface area contributed by atoms with E-state index in [1.165, 1.54) is 16.8 Å². The third-order valence-electron chi connectivity index (χ3n) is 3.88. The summed E-state index contributed by atoms with van der Waals surface area (Å²) in [6.07, 6.45) is 0. The molecule has 0 bridgehead atoms. The van der Waals surface area contributed by atoms with Gasteiger partial charge in [0, 0.05) is 16.4 Å². The number of hydrogen-bond acceptors (Lipinski definition) is 5. The Morgan fingerprint density at radius 3 is 2.48 bits per heavy atom. The van der Waals surface area contributed by atoms with E-state index in [9.17, 15) is 19.5 Å². The van der Waals surface area contributed by atoms with E-state index < -0.39 is 11.8 Å². The molecule has 8 nitrogen and oxygen atoms in total. The van der Waals surface area contributed by atoms with Crippen LogP contribution in [0.4, 0.5) is 0 Å². The number of aryl methyl sites for hydroxylation is 1. The van der Waals surface area contributed by atoms with E-state index in [2.05, 4.69) is 31.9 Å². The smallest absolute Gasteiger partial charge is 0.290 e. The van der Waals surface area contributed by atoms with Crippen molar-refractivity contribution in [2.75, 3.05) is 0 Å². The van der Waals surface area contributed by atoms with Crippen LogP contribution in [0.2, 0.25) is 0 Å². The van der Waals surface area contributed by atoms with E-state index in [0.717, 1.165) is 0 Å². The third-order valence-corrected chi connectivity index (χ3v) is 4.37. The van der Waals surface area contributed by atoms with Crippen molar-refractivity contribution in [1.29, 1.82) is 0 Å². The van der Waals surface area contributed by atoms with Crippen molar-refractivity contribution in [3.63, 3.8) is 0 Å². The van der Waals surface area contributed by atoms with Crippen molar-refractivity contribution in [2.45, 2.75) is 13.5 Å². The van der Waals surface area contributed by atoms with Crippen molar-refractivity contribution in [1.82, 2.24) is 20.6 Å². The first-order valence-electron chi connectivity index (χ1n) is 8.01. The van der Waals surface area contributed by atoms with Gasteiger partial charge in [0.2, 0.25) is 0 Å². The summed E-state index contributed by atoms with van der Waals surface area (Å²) in [5.74, 6) is -1.61. The lowest BCUT2D eigenvalue weighted by Gasteiger charge is -2.11. The number of benzene rings is 2. The van der Waals surface area contributed by atoms with Crippen molar-refractivity contribution in [3.05, 3.63) is 68.5 Å². The Hall–Kier alpha value is -3.20. The van der Waals surface area contributed by atoms with Gasteiger partial charge in [-0.25, -0.2) is 4.68 Å². The minimum Gasteiger partial charge on any atom is -0.507 e. The number of aromatic hydroxyl groups is 1. The minimum absolute atomic E-state index is 0.00538. The number of halogens is 1. The number of amides is 2. The van der Waals surface area contributed by atoms with Crippen LogP contribution in [-0.4, -0.2) is 26.7 Å². The maximum Gasteiger partial charge on any atom is 0.290 e. The fourth-order valence-electron chi connectivity index (χ4n) is 2.55. The Kier molecular flexibility index (Phi) is 5.22. The average Bonchev–Trinajstić information content (AvgIpc) is 2.68. The second-order valence-electron chi connectivity index (χ2n) is 5.58. The topological polar surface area (TPSA) is 113 Å². The quantitative estimate of drug-likeness (QED) is 0.549. The molecule has 27 heavy (non-hydrogen) atoms. The first kappa shape index (κ1) is 18.6. The summed E-state index contributed by atoms with van der Waals surface area (Å²) in [6.45, 7) is 2.03. The molecule has 0 aliphatic heterocycles. The van der Waals surface area contributed by atoms with E-state index in [1.807, 2.05) is 0 Å². The molecule has 3 N–H and O–H groups in total. The molecule has 0 saturated heterocycles. The number of hydrazine groups is 1. The molecule has 0 atom stereocenters. The van der Waals surface area contributed by atoms with E-state index in [1.54, 1.807) is 37.3 Å². The molecule has 1 heterocycles. The number of carbonyl (C=O) groups excluding carboxylic acids is 2. The van der Waals surface area contributed by atoms with Gasteiger partial charge in [-0.2, -0.15) is 5.10 Å². The number of rotatable bonds is 3. The van der Waals surface area contributed by atoms with Gasteiger partial charge in [0.1, 0.15) is 5.75 Å². The Bertz CT molecular complexity index is 1110. The highest BCUT2D eigenvalue weighted by atomic mass is 79.9. The summed E-state index contributed by atoms with van der Waals surface area (Å²) >= 11 is 3.21. The van der Waals surface area contributed by atoms with Gasteiger partial charge in [-0.3, -0.25) is 25.2 Å². The maximum absolute atomic E-state index is 12.6. The van der Waals surface area contributed by atoms with Crippen molar-refractivity contribution >= 4 is 38.5 Å². The Balaban J connectivity index is 1.89. The minimum atomic E-state index is -0.699. The van der Waals surface area contributed by atoms with Gasteiger partial charge in [0.05, 0.1) is 10.9 Å². The third kappa shape index (κ3) is 3.68. The highest BCUT2D eigenvalue weighted by Gasteiger charge is 2.18. The normalized spacial score (nSPS) is 10.6. The second-order valence-corrected chi connectivity index (χ2v) is 6.50. The van der Waals surface area contributed by atoms with E-state index in [-0.39, 0.29) is 22.6 Å². The summed E-state index contributed by atoms with van der Waals surface area (Å²) < 4.78 is 1.78. The molecule has 0 aliphatic carbocycles. The van der Waals surface area contributed by atoms with E-state index >= 15 is 0 Å². The monoisotopic (exact) mass is 430 g/mol. The van der Waals surface area contributed by atoms with Crippen LogP contribution in [0.25, 0.3) is 10.8 Å². The second kappa shape index (κ2) is 7.58. The Morgan fingerprint density at radius 1 is 1.11 bits per heavy atom. The van der Waals surface area contributed by atoms with Gasteiger partial charge in [-0.15, -0.1) is 0 Å². The molecule has 9 heteroatoms. The Morgan fingerprint density at radius 2 is 1.78 bits per heavy atom.